The van der Waals surface area contributed by atoms with E-state index in [1.807, 2.05) is 0 Å². The number of halogens is 6. The minimum atomic E-state index is -4.39. The van der Waals surface area contributed by atoms with E-state index >= 15 is 0 Å². The van der Waals surface area contributed by atoms with Gasteiger partial charge in [0.25, 0.3) is 0 Å². The Morgan fingerprint density at radius 2 is 1.88 bits per heavy atom. The average molecular weight is 323 g/mol. The van der Waals surface area contributed by atoms with Gasteiger partial charge in [0.15, 0.2) is 0 Å². The van der Waals surface area contributed by atoms with E-state index in [1.165, 1.54) is 12.1 Å². The molecule has 7 heteroatoms. The average Bonchev–Trinajstić information content (AvgIpc) is 2.06. The molecule has 0 aromatic heterocycles. The fourth-order valence-electron chi connectivity index (χ4n) is 1.16. The Balaban J connectivity index is 0.00000225. The zero-order valence-corrected chi connectivity index (χ0v) is 10.3. The smallest absolute Gasteiger partial charge is 0.324 e. The molecule has 2 N–H and O–H groups in total. The van der Waals surface area contributed by atoms with Crippen LogP contribution in [-0.2, 0) is 0 Å². The Morgan fingerprint density at radius 1 is 1.31 bits per heavy atom. The number of nitrogens with two attached hydrogens (primary N) is 1. The van der Waals surface area contributed by atoms with Gasteiger partial charge in [0.1, 0.15) is 5.82 Å². The highest BCUT2D eigenvalue weighted by Crippen LogP contribution is 2.30. The number of hydrogen-bond donors (Lipinski definition) is 1. The second-order valence-electron chi connectivity index (χ2n) is 3.09. The van der Waals surface area contributed by atoms with Crippen molar-refractivity contribution >= 4 is 28.3 Å². The first kappa shape index (κ1) is 15.7. The lowest BCUT2D eigenvalue weighted by Gasteiger charge is -2.15. The zero-order valence-electron chi connectivity index (χ0n) is 7.89. The predicted octanol–water partition coefficient (Wildman–Crippen LogP) is 3.96. The van der Waals surface area contributed by atoms with Crippen molar-refractivity contribution in [1.29, 1.82) is 0 Å². The first-order valence-corrected chi connectivity index (χ1v) is 4.86. The molecule has 0 bridgehead atoms. The van der Waals surface area contributed by atoms with E-state index in [9.17, 15) is 17.6 Å². The summed E-state index contributed by atoms with van der Waals surface area (Å²) in [7, 11) is 0. The van der Waals surface area contributed by atoms with E-state index < -0.39 is 24.5 Å². The minimum absolute atomic E-state index is 0. The van der Waals surface area contributed by atoms with E-state index in [-0.39, 0.29) is 18.0 Å². The lowest BCUT2D eigenvalue weighted by Crippen LogP contribution is -2.21. The van der Waals surface area contributed by atoms with Crippen molar-refractivity contribution in [3.63, 3.8) is 0 Å². The molecule has 1 rings (SSSR count). The Morgan fingerprint density at radius 3 is 2.38 bits per heavy atom. The van der Waals surface area contributed by atoms with Crippen LogP contribution in [0, 0.1) is 5.82 Å². The molecule has 1 aromatic rings. The van der Waals surface area contributed by atoms with Crippen LogP contribution in [0.15, 0.2) is 22.7 Å². The van der Waals surface area contributed by atoms with Gasteiger partial charge in [-0.3, -0.25) is 0 Å². The highest BCUT2D eigenvalue weighted by Gasteiger charge is 2.31. The van der Waals surface area contributed by atoms with Crippen LogP contribution in [0.5, 0.6) is 0 Å². The first-order chi connectivity index (χ1) is 6.79. The van der Waals surface area contributed by atoms with Crippen LogP contribution < -0.4 is 5.73 Å². The maximum atomic E-state index is 13.1. The Labute approximate surface area is 105 Å². The molecular weight excluding hydrogens is 313 g/mol. The zero-order chi connectivity index (χ0) is 11.6. The van der Waals surface area contributed by atoms with Crippen LogP contribution in [0.4, 0.5) is 17.6 Å². The fraction of sp³-hybridized carbons (Fsp3) is 0.333. The van der Waals surface area contributed by atoms with Gasteiger partial charge in [0, 0.05) is 16.1 Å². The molecule has 1 atom stereocenters. The standard InChI is InChI=1S/C9H8BrF4N.ClH/c10-5-1-2-7(11)6(3-5)8(15)4-9(12,13)14;/h1-3,8H,4,15H2;1H/t8-;/m1./s1. The van der Waals surface area contributed by atoms with Crippen LogP contribution >= 0.6 is 28.3 Å². The molecule has 0 unspecified atom stereocenters. The van der Waals surface area contributed by atoms with E-state index in [1.54, 1.807) is 0 Å². The molecule has 0 heterocycles. The van der Waals surface area contributed by atoms with Crippen LogP contribution in [0.3, 0.4) is 0 Å². The molecule has 1 nitrogen and oxygen atoms in total. The third-order valence-electron chi connectivity index (χ3n) is 1.81. The summed E-state index contributed by atoms with van der Waals surface area (Å²) >= 11 is 3.04. The predicted molar refractivity (Wildman–Crippen MR) is 58.9 cm³/mol. The van der Waals surface area contributed by atoms with Gasteiger partial charge >= 0.3 is 6.18 Å². The largest absolute Gasteiger partial charge is 0.390 e. The summed E-state index contributed by atoms with van der Waals surface area (Å²) in [6.45, 7) is 0. The van der Waals surface area contributed by atoms with Crippen LogP contribution in [0.1, 0.15) is 18.0 Å². The maximum Gasteiger partial charge on any atom is 0.390 e. The summed E-state index contributed by atoms with van der Waals surface area (Å²) in [5.74, 6) is -0.727. The molecule has 0 saturated carbocycles. The minimum Gasteiger partial charge on any atom is -0.324 e. The van der Waals surface area contributed by atoms with Crippen molar-refractivity contribution in [2.75, 3.05) is 0 Å². The normalized spacial score (nSPS) is 13.1. The van der Waals surface area contributed by atoms with E-state index in [4.69, 9.17) is 5.73 Å². The summed E-state index contributed by atoms with van der Waals surface area (Å²) in [5, 5.41) is 0. The molecule has 92 valence electrons. The molecule has 0 aliphatic heterocycles. The Kier molecular flexibility index (Phi) is 5.72. The highest BCUT2D eigenvalue weighted by atomic mass is 79.9. The monoisotopic (exact) mass is 321 g/mol. The van der Waals surface area contributed by atoms with Crippen molar-refractivity contribution in [2.24, 2.45) is 5.73 Å². The van der Waals surface area contributed by atoms with Crippen LogP contribution in [-0.4, -0.2) is 6.18 Å². The van der Waals surface area contributed by atoms with Crippen molar-refractivity contribution < 1.29 is 17.6 Å². The topological polar surface area (TPSA) is 26.0 Å². The number of rotatable bonds is 2. The van der Waals surface area contributed by atoms with Crippen molar-refractivity contribution in [3.8, 4) is 0 Å². The summed E-state index contributed by atoms with van der Waals surface area (Å²) in [5.41, 5.74) is 5.13. The molecule has 16 heavy (non-hydrogen) atoms. The highest BCUT2D eigenvalue weighted by molar-refractivity contribution is 9.10. The number of alkyl halides is 3. The SMILES string of the molecule is Cl.N[C@H](CC(F)(F)F)c1cc(Br)ccc1F. The fourth-order valence-corrected chi connectivity index (χ4v) is 1.54. The number of hydrogen-bond acceptors (Lipinski definition) is 1. The number of benzene rings is 1. The summed E-state index contributed by atoms with van der Waals surface area (Å²) in [6, 6.07) is 2.36. The summed E-state index contributed by atoms with van der Waals surface area (Å²) < 4.78 is 49.7. The maximum absolute atomic E-state index is 13.1. The first-order valence-electron chi connectivity index (χ1n) is 4.07. The summed E-state index contributed by atoms with van der Waals surface area (Å²) in [4.78, 5) is 0. The Hall–Kier alpha value is -0.330. The van der Waals surface area contributed by atoms with Gasteiger partial charge in [-0.2, -0.15) is 13.2 Å². The van der Waals surface area contributed by atoms with Crippen LogP contribution in [0.2, 0.25) is 0 Å². The van der Waals surface area contributed by atoms with Crippen molar-refractivity contribution in [2.45, 2.75) is 18.6 Å². The summed E-state index contributed by atoms with van der Waals surface area (Å²) in [6.07, 6.45) is -5.63. The van der Waals surface area contributed by atoms with Gasteiger partial charge in [-0.15, -0.1) is 12.4 Å². The third-order valence-corrected chi connectivity index (χ3v) is 2.30. The van der Waals surface area contributed by atoms with Crippen molar-refractivity contribution in [3.05, 3.63) is 34.1 Å². The lowest BCUT2D eigenvalue weighted by molar-refractivity contribution is -0.138. The molecule has 0 aliphatic carbocycles. The second-order valence-corrected chi connectivity index (χ2v) is 4.01. The van der Waals surface area contributed by atoms with Gasteiger partial charge in [0.2, 0.25) is 0 Å². The molecule has 0 radical (unpaired) electrons. The molecule has 0 saturated heterocycles. The lowest BCUT2D eigenvalue weighted by atomic mass is 10.0. The van der Waals surface area contributed by atoms with Gasteiger partial charge in [-0.25, -0.2) is 4.39 Å². The molecule has 0 spiro atoms. The third kappa shape index (κ3) is 4.67. The van der Waals surface area contributed by atoms with E-state index in [0.29, 0.717) is 4.47 Å². The molecular formula is C9H9BrClF4N. The van der Waals surface area contributed by atoms with Gasteiger partial charge in [-0.05, 0) is 18.2 Å². The quantitative estimate of drug-likeness (QED) is 0.819. The Bertz CT molecular complexity index is 356. The van der Waals surface area contributed by atoms with Crippen LogP contribution in [0.25, 0.3) is 0 Å². The van der Waals surface area contributed by atoms with E-state index in [2.05, 4.69) is 15.9 Å². The molecule has 0 fully saturated rings. The molecule has 0 aliphatic rings. The van der Waals surface area contributed by atoms with Gasteiger partial charge in [-0.1, -0.05) is 15.9 Å². The van der Waals surface area contributed by atoms with Crippen molar-refractivity contribution in [1.82, 2.24) is 0 Å². The second kappa shape index (κ2) is 5.84. The molecule has 0 amide bonds. The molecule has 1 aromatic carbocycles. The van der Waals surface area contributed by atoms with Gasteiger partial charge in [0.05, 0.1) is 6.42 Å². The van der Waals surface area contributed by atoms with Gasteiger partial charge < -0.3 is 5.73 Å². The van der Waals surface area contributed by atoms with E-state index in [0.717, 1.165) is 6.07 Å².